The Hall–Kier alpha value is -3.41. The molecule has 0 aliphatic heterocycles. The number of rotatable bonds is 9. The minimum absolute atomic E-state index is 0.00622. The Bertz CT molecular complexity index is 1180. The molecule has 2 amide bonds. The van der Waals surface area contributed by atoms with Crippen molar-refractivity contribution in [3.8, 4) is 0 Å². The molecule has 0 unspecified atom stereocenters. The summed E-state index contributed by atoms with van der Waals surface area (Å²) < 4.78 is 16.7. The first kappa shape index (κ1) is 24.3. The molecule has 2 aliphatic carbocycles. The highest BCUT2D eigenvalue weighted by molar-refractivity contribution is 5.97. The van der Waals surface area contributed by atoms with Gasteiger partial charge in [-0.1, -0.05) is 61.7 Å². The number of hydrogen-bond acceptors (Lipinski definition) is 2. The fourth-order valence-corrected chi connectivity index (χ4v) is 5.29. The molecule has 1 heterocycles. The van der Waals surface area contributed by atoms with Crippen LogP contribution in [-0.2, 0) is 17.9 Å². The number of hydrogen-bond donors (Lipinski definition) is 0. The van der Waals surface area contributed by atoms with Crippen molar-refractivity contribution in [2.45, 2.75) is 70.1 Å². The molecule has 5 rings (SSSR count). The SMILES string of the molecule is O=C(CN(C(=O)c1ccccc1F)C1CCCCC1)N(Cc1cccn1Cc1ccccc1)C1CC1. The molecule has 2 saturated carbocycles. The predicted molar refractivity (Wildman–Crippen MR) is 138 cm³/mol. The summed E-state index contributed by atoms with van der Waals surface area (Å²) in [7, 11) is 0. The largest absolute Gasteiger partial charge is 0.345 e. The Labute approximate surface area is 212 Å². The van der Waals surface area contributed by atoms with E-state index in [0.717, 1.165) is 57.2 Å². The molecule has 0 spiro atoms. The van der Waals surface area contributed by atoms with Gasteiger partial charge in [-0.2, -0.15) is 0 Å². The Morgan fingerprint density at radius 1 is 0.806 bits per heavy atom. The maximum atomic E-state index is 14.5. The summed E-state index contributed by atoms with van der Waals surface area (Å²) in [6.45, 7) is 1.25. The van der Waals surface area contributed by atoms with E-state index >= 15 is 0 Å². The van der Waals surface area contributed by atoms with Crippen LogP contribution in [0.25, 0.3) is 0 Å². The third-order valence-corrected chi connectivity index (χ3v) is 7.45. The van der Waals surface area contributed by atoms with Crippen LogP contribution in [0.5, 0.6) is 0 Å². The van der Waals surface area contributed by atoms with Crippen LogP contribution in [0.1, 0.15) is 66.6 Å². The van der Waals surface area contributed by atoms with Gasteiger partial charge in [-0.15, -0.1) is 0 Å². The van der Waals surface area contributed by atoms with Crippen LogP contribution in [0.3, 0.4) is 0 Å². The minimum atomic E-state index is -0.534. The zero-order valence-electron chi connectivity index (χ0n) is 20.7. The Balaban J connectivity index is 1.34. The lowest BCUT2D eigenvalue weighted by molar-refractivity contribution is -0.133. The Morgan fingerprint density at radius 2 is 1.50 bits per heavy atom. The van der Waals surface area contributed by atoms with Crippen LogP contribution in [0, 0.1) is 5.82 Å². The molecule has 0 N–H and O–H groups in total. The van der Waals surface area contributed by atoms with Gasteiger partial charge >= 0.3 is 0 Å². The van der Waals surface area contributed by atoms with Crippen molar-refractivity contribution < 1.29 is 14.0 Å². The summed E-state index contributed by atoms with van der Waals surface area (Å²) in [5.41, 5.74) is 2.33. The monoisotopic (exact) mass is 487 g/mol. The van der Waals surface area contributed by atoms with E-state index in [9.17, 15) is 14.0 Å². The van der Waals surface area contributed by atoms with E-state index in [-0.39, 0.29) is 36.0 Å². The van der Waals surface area contributed by atoms with Gasteiger partial charge in [0, 0.05) is 30.5 Å². The van der Waals surface area contributed by atoms with E-state index in [1.807, 2.05) is 35.4 Å². The second-order valence-corrected chi connectivity index (χ2v) is 10.1. The lowest BCUT2D eigenvalue weighted by Gasteiger charge is -2.35. The van der Waals surface area contributed by atoms with Crippen molar-refractivity contribution in [3.63, 3.8) is 0 Å². The van der Waals surface area contributed by atoms with E-state index in [1.54, 1.807) is 17.0 Å². The van der Waals surface area contributed by atoms with E-state index in [4.69, 9.17) is 0 Å². The lowest BCUT2D eigenvalue weighted by Crippen LogP contribution is -2.48. The summed E-state index contributed by atoms with van der Waals surface area (Å²) in [6.07, 6.45) is 8.92. The standard InChI is InChI=1S/C30H34FN3O2/c31-28-16-8-7-15-27(28)30(36)34(24-12-5-2-6-13-24)22-29(35)33(25-17-18-25)21-26-14-9-19-32(26)20-23-10-3-1-4-11-23/h1,3-4,7-11,14-16,19,24-25H,2,5-6,12-13,17-18,20-22H2. The highest BCUT2D eigenvalue weighted by atomic mass is 19.1. The van der Waals surface area contributed by atoms with E-state index in [2.05, 4.69) is 22.8 Å². The molecule has 3 aromatic rings. The van der Waals surface area contributed by atoms with Gasteiger partial charge in [0.2, 0.25) is 5.91 Å². The number of nitrogens with zero attached hydrogens (tertiary/aromatic N) is 3. The van der Waals surface area contributed by atoms with Gasteiger partial charge in [-0.05, 0) is 55.5 Å². The van der Waals surface area contributed by atoms with Gasteiger partial charge in [-0.25, -0.2) is 4.39 Å². The number of halogens is 1. The van der Waals surface area contributed by atoms with E-state index in [0.29, 0.717) is 6.54 Å². The van der Waals surface area contributed by atoms with Gasteiger partial charge < -0.3 is 14.4 Å². The topological polar surface area (TPSA) is 45.6 Å². The van der Waals surface area contributed by atoms with Crippen molar-refractivity contribution in [3.05, 3.63) is 95.6 Å². The van der Waals surface area contributed by atoms with Gasteiger partial charge in [0.05, 0.1) is 12.1 Å². The number of benzene rings is 2. The number of aromatic nitrogens is 1. The first-order valence-corrected chi connectivity index (χ1v) is 13.1. The van der Waals surface area contributed by atoms with Crippen molar-refractivity contribution in [1.29, 1.82) is 0 Å². The van der Waals surface area contributed by atoms with Gasteiger partial charge in [0.1, 0.15) is 12.4 Å². The Kier molecular flexibility index (Phi) is 7.49. The first-order chi connectivity index (χ1) is 17.6. The van der Waals surface area contributed by atoms with Gasteiger partial charge in [0.25, 0.3) is 5.91 Å². The quantitative estimate of drug-likeness (QED) is 0.392. The summed E-state index contributed by atoms with van der Waals surface area (Å²) in [5.74, 6) is -0.967. The first-order valence-electron chi connectivity index (χ1n) is 13.1. The molecule has 0 saturated heterocycles. The summed E-state index contributed by atoms with van der Waals surface area (Å²) in [5, 5.41) is 0. The minimum Gasteiger partial charge on any atom is -0.345 e. The van der Waals surface area contributed by atoms with Crippen molar-refractivity contribution in [2.75, 3.05) is 6.54 Å². The maximum Gasteiger partial charge on any atom is 0.257 e. The molecule has 2 aromatic carbocycles. The fourth-order valence-electron chi connectivity index (χ4n) is 5.29. The third kappa shape index (κ3) is 5.69. The van der Waals surface area contributed by atoms with Crippen LogP contribution < -0.4 is 0 Å². The molecule has 2 aliphatic rings. The second-order valence-electron chi connectivity index (χ2n) is 10.1. The highest BCUT2D eigenvalue weighted by Gasteiger charge is 2.36. The predicted octanol–water partition coefficient (Wildman–Crippen LogP) is 5.64. The van der Waals surface area contributed by atoms with Crippen LogP contribution in [0.2, 0.25) is 0 Å². The molecule has 188 valence electrons. The normalized spacial score (nSPS) is 16.0. The molecular weight excluding hydrogens is 453 g/mol. The van der Waals surface area contributed by atoms with Crippen molar-refractivity contribution in [1.82, 2.24) is 14.4 Å². The van der Waals surface area contributed by atoms with E-state index in [1.165, 1.54) is 17.7 Å². The Morgan fingerprint density at radius 3 is 2.22 bits per heavy atom. The molecule has 6 heteroatoms. The van der Waals surface area contributed by atoms with Gasteiger partial charge in [-0.3, -0.25) is 9.59 Å². The second kappa shape index (κ2) is 11.1. The average molecular weight is 488 g/mol. The molecule has 5 nitrogen and oxygen atoms in total. The summed E-state index contributed by atoms with van der Waals surface area (Å²) >= 11 is 0. The average Bonchev–Trinajstić information content (AvgIpc) is 3.66. The van der Waals surface area contributed by atoms with Crippen LogP contribution in [0.15, 0.2) is 72.9 Å². The fraction of sp³-hybridized carbons (Fsp3) is 0.400. The molecule has 1 aromatic heterocycles. The molecule has 2 fully saturated rings. The molecule has 0 atom stereocenters. The zero-order chi connectivity index (χ0) is 24.9. The smallest absolute Gasteiger partial charge is 0.257 e. The molecule has 0 radical (unpaired) electrons. The maximum absolute atomic E-state index is 14.5. The van der Waals surface area contributed by atoms with Crippen LogP contribution in [0.4, 0.5) is 4.39 Å². The summed E-state index contributed by atoms with van der Waals surface area (Å²) in [4.78, 5) is 30.8. The lowest BCUT2D eigenvalue weighted by atomic mass is 9.93. The highest BCUT2D eigenvalue weighted by Crippen LogP contribution is 2.30. The molecular formula is C30H34FN3O2. The van der Waals surface area contributed by atoms with Crippen molar-refractivity contribution >= 4 is 11.8 Å². The van der Waals surface area contributed by atoms with Gasteiger partial charge in [0.15, 0.2) is 0 Å². The zero-order valence-corrected chi connectivity index (χ0v) is 20.7. The van der Waals surface area contributed by atoms with E-state index < -0.39 is 5.82 Å². The molecule has 0 bridgehead atoms. The third-order valence-electron chi connectivity index (χ3n) is 7.45. The van der Waals surface area contributed by atoms with Crippen LogP contribution >= 0.6 is 0 Å². The summed E-state index contributed by atoms with van der Waals surface area (Å²) in [6, 6.07) is 20.6. The van der Waals surface area contributed by atoms with Crippen LogP contribution in [-0.4, -0.2) is 44.8 Å². The van der Waals surface area contributed by atoms with Crippen molar-refractivity contribution in [2.24, 2.45) is 0 Å². The number of carbonyl (C=O) groups is 2. The number of carbonyl (C=O) groups excluding carboxylic acids is 2. The molecule has 36 heavy (non-hydrogen) atoms. The number of amides is 2.